The fourth-order valence-corrected chi connectivity index (χ4v) is 4.32. The second-order valence-corrected chi connectivity index (χ2v) is 7.10. The van der Waals surface area contributed by atoms with Crippen molar-refractivity contribution in [1.29, 1.82) is 0 Å². The second-order valence-electron chi connectivity index (χ2n) is 5.61. The molecular weight excluding hydrogens is 320 g/mol. The highest BCUT2D eigenvalue weighted by molar-refractivity contribution is 8.02. The van der Waals surface area contributed by atoms with Crippen molar-refractivity contribution >= 4 is 34.3 Å². The molecule has 112 valence electrons. The molecule has 4 rings (SSSR count). The monoisotopic (exact) mass is 332 g/mol. The molecule has 0 spiro atoms. The van der Waals surface area contributed by atoms with Gasteiger partial charge in [-0.2, -0.15) is 0 Å². The summed E-state index contributed by atoms with van der Waals surface area (Å²) >= 11 is 7.64. The quantitative estimate of drug-likeness (QED) is 0.709. The van der Waals surface area contributed by atoms with Crippen molar-refractivity contribution in [3.63, 3.8) is 0 Å². The molecule has 0 N–H and O–H groups in total. The van der Waals surface area contributed by atoms with Gasteiger partial charge in [-0.3, -0.25) is 4.79 Å². The van der Waals surface area contributed by atoms with Gasteiger partial charge in [0, 0.05) is 10.9 Å². The maximum absolute atomic E-state index is 12.8. The lowest BCUT2D eigenvalue weighted by molar-refractivity contribution is 0.152. The van der Waals surface area contributed by atoms with Gasteiger partial charge in [0.2, 0.25) is 11.2 Å². The average Bonchev–Trinajstić information content (AvgIpc) is 2.97. The van der Waals surface area contributed by atoms with E-state index >= 15 is 0 Å². The molecule has 5 heteroatoms. The Morgan fingerprint density at radius 2 is 2.23 bits per heavy atom. The van der Waals surface area contributed by atoms with Crippen LogP contribution < -0.4 is 10.2 Å². The molecule has 2 aliphatic heterocycles. The first kappa shape index (κ1) is 14.0. The van der Waals surface area contributed by atoms with E-state index in [0.29, 0.717) is 27.5 Å². The largest absolute Gasteiger partial charge is 0.478 e. The van der Waals surface area contributed by atoms with E-state index in [-0.39, 0.29) is 22.7 Å². The minimum atomic E-state index is -0.205. The summed E-state index contributed by atoms with van der Waals surface area (Å²) < 4.78 is 12.0. The number of hydrogen-bond donors (Lipinski definition) is 0. The van der Waals surface area contributed by atoms with Crippen LogP contribution in [0.5, 0.6) is 5.75 Å². The molecule has 0 aliphatic carbocycles. The van der Waals surface area contributed by atoms with Crippen LogP contribution in [0.3, 0.4) is 0 Å². The van der Waals surface area contributed by atoms with Gasteiger partial charge in [-0.25, -0.2) is 0 Å². The van der Waals surface area contributed by atoms with Crippen LogP contribution in [0.4, 0.5) is 0 Å². The zero-order valence-electron chi connectivity index (χ0n) is 11.8. The van der Waals surface area contributed by atoms with Gasteiger partial charge in [0.05, 0.1) is 10.6 Å². The summed E-state index contributed by atoms with van der Waals surface area (Å²) in [5.74, 6) is 1.04. The number of halogens is 1. The van der Waals surface area contributed by atoms with Crippen LogP contribution in [-0.4, -0.2) is 6.10 Å². The summed E-state index contributed by atoms with van der Waals surface area (Å²) in [6.45, 7) is 5.92. The molecule has 0 bridgehead atoms. The maximum Gasteiger partial charge on any atom is 0.234 e. The van der Waals surface area contributed by atoms with Crippen LogP contribution in [0.1, 0.15) is 17.9 Å². The van der Waals surface area contributed by atoms with Crippen LogP contribution in [0, 0.1) is 5.92 Å². The van der Waals surface area contributed by atoms with Crippen molar-refractivity contribution in [3.05, 3.63) is 62.8 Å². The van der Waals surface area contributed by atoms with Crippen molar-refractivity contribution in [2.75, 3.05) is 0 Å². The van der Waals surface area contributed by atoms with Crippen molar-refractivity contribution in [2.24, 2.45) is 5.92 Å². The van der Waals surface area contributed by atoms with Crippen molar-refractivity contribution in [1.82, 2.24) is 0 Å². The first-order chi connectivity index (χ1) is 10.6. The highest BCUT2D eigenvalue weighted by atomic mass is 35.5. The first-order valence-corrected chi connectivity index (χ1v) is 8.29. The molecule has 0 unspecified atom stereocenters. The van der Waals surface area contributed by atoms with E-state index in [4.69, 9.17) is 20.8 Å². The Balaban J connectivity index is 1.99. The number of ether oxygens (including phenoxy) is 1. The van der Waals surface area contributed by atoms with E-state index in [1.54, 1.807) is 30.0 Å². The fraction of sp³-hybridized carbons (Fsp3) is 0.235. The highest BCUT2D eigenvalue weighted by Gasteiger charge is 2.43. The molecule has 0 saturated heterocycles. The van der Waals surface area contributed by atoms with Crippen LogP contribution in [-0.2, 0) is 0 Å². The normalized spacial score (nSPS) is 25.6. The summed E-state index contributed by atoms with van der Waals surface area (Å²) in [6.07, 6.45) is 1.90. The van der Waals surface area contributed by atoms with Crippen molar-refractivity contribution in [2.45, 2.75) is 18.3 Å². The average molecular weight is 333 g/mol. The van der Waals surface area contributed by atoms with Gasteiger partial charge >= 0.3 is 0 Å². The summed E-state index contributed by atoms with van der Waals surface area (Å²) in [4.78, 5) is 12.8. The molecule has 1 aromatic carbocycles. The lowest BCUT2D eigenvalue weighted by Gasteiger charge is -2.33. The van der Waals surface area contributed by atoms with E-state index in [0.717, 1.165) is 5.57 Å². The van der Waals surface area contributed by atoms with E-state index in [1.807, 2.05) is 12.3 Å². The zero-order chi connectivity index (χ0) is 15.4. The van der Waals surface area contributed by atoms with Gasteiger partial charge < -0.3 is 9.15 Å². The minimum Gasteiger partial charge on any atom is -0.478 e. The summed E-state index contributed by atoms with van der Waals surface area (Å²) in [5, 5.41) is 3.04. The summed E-state index contributed by atoms with van der Waals surface area (Å²) in [5.41, 5.74) is 1.27. The van der Waals surface area contributed by atoms with Crippen LogP contribution >= 0.6 is 23.4 Å². The van der Waals surface area contributed by atoms with Gasteiger partial charge in [0.15, 0.2) is 5.76 Å². The van der Waals surface area contributed by atoms with E-state index in [1.165, 1.54) is 0 Å². The highest BCUT2D eigenvalue weighted by Crippen LogP contribution is 2.52. The van der Waals surface area contributed by atoms with E-state index in [9.17, 15) is 4.79 Å². The third kappa shape index (κ3) is 1.94. The molecule has 3 heterocycles. The van der Waals surface area contributed by atoms with Gasteiger partial charge in [-0.05, 0) is 36.1 Å². The van der Waals surface area contributed by atoms with Crippen LogP contribution in [0.2, 0.25) is 5.02 Å². The summed E-state index contributed by atoms with van der Waals surface area (Å²) in [6, 6.07) is 5.07. The summed E-state index contributed by atoms with van der Waals surface area (Å²) in [7, 11) is 0. The third-order valence-electron chi connectivity index (χ3n) is 4.05. The molecule has 3 atom stereocenters. The van der Waals surface area contributed by atoms with Gasteiger partial charge in [-0.15, -0.1) is 11.8 Å². The smallest absolute Gasteiger partial charge is 0.234 e. The predicted molar refractivity (Wildman–Crippen MR) is 89.7 cm³/mol. The lowest BCUT2D eigenvalue weighted by Crippen LogP contribution is -2.35. The number of thioether (sulfide) groups is 1. The molecule has 2 aliphatic rings. The number of hydrogen-bond acceptors (Lipinski definition) is 4. The third-order valence-corrected chi connectivity index (χ3v) is 5.42. The SMILES string of the molecule is C=C(C)[C@@H]1Oc2c(oc3ccc(Cl)cc3c2=O)[C@@H]2SC=C[C@H]12. The molecule has 0 amide bonds. The molecule has 1 aromatic heterocycles. The van der Waals surface area contributed by atoms with Crippen molar-refractivity contribution < 1.29 is 9.15 Å². The second kappa shape index (κ2) is 4.93. The maximum atomic E-state index is 12.8. The number of fused-ring (bicyclic) bond motifs is 4. The van der Waals surface area contributed by atoms with Gasteiger partial charge in [0.1, 0.15) is 11.7 Å². The molecule has 0 fully saturated rings. The topological polar surface area (TPSA) is 39.4 Å². The van der Waals surface area contributed by atoms with E-state index < -0.39 is 0 Å². The van der Waals surface area contributed by atoms with Crippen LogP contribution in [0.15, 0.2) is 51.0 Å². The van der Waals surface area contributed by atoms with E-state index in [2.05, 4.69) is 12.7 Å². The number of rotatable bonds is 1. The molecular formula is C17H13ClO3S. The first-order valence-electron chi connectivity index (χ1n) is 6.96. The predicted octanol–water partition coefficient (Wildman–Crippen LogP) is 4.70. The van der Waals surface area contributed by atoms with Crippen LogP contribution in [0.25, 0.3) is 11.0 Å². The number of benzene rings is 1. The Morgan fingerprint density at radius 1 is 1.41 bits per heavy atom. The molecule has 0 saturated carbocycles. The van der Waals surface area contributed by atoms with Crippen molar-refractivity contribution in [3.8, 4) is 5.75 Å². The lowest BCUT2D eigenvalue weighted by atomic mass is 9.90. The Labute approximate surface area is 136 Å². The zero-order valence-corrected chi connectivity index (χ0v) is 13.4. The molecule has 0 radical (unpaired) electrons. The molecule has 2 aromatic rings. The Kier molecular flexibility index (Phi) is 3.13. The van der Waals surface area contributed by atoms with Gasteiger partial charge in [-0.1, -0.05) is 24.3 Å². The Bertz CT molecular complexity index is 883. The Hall–Kier alpha value is -1.65. The molecule has 22 heavy (non-hydrogen) atoms. The fourth-order valence-electron chi connectivity index (χ4n) is 3.01. The minimum absolute atomic E-state index is 0.0539. The molecule has 3 nitrogen and oxygen atoms in total. The Morgan fingerprint density at radius 3 is 3.00 bits per heavy atom. The standard InChI is InChI=1S/C17H13ClO3S/c1-8(2)14-10-5-6-22-17(10)16-15(21-14)13(19)11-7-9(18)3-4-12(11)20-16/h3-7,10,14,17H,1H2,2H3/t10-,14+,17-/m1/s1. The van der Waals surface area contributed by atoms with Gasteiger partial charge in [0.25, 0.3) is 0 Å².